The Morgan fingerprint density at radius 3 is 2.17 bits per heavy atom. The number of nitrogens with one attached hydrogen (secondary N) is 1. The molecule has 1 N–H and O–H groups in total. The standard InChI is InChI=1S/C25H21NO4/c1-28-21-13-9-20(10-14-21)26-25(27)24-16-15-23(30-24)17-29-22-11-7-19(8-12-22)18-5-3-2-4-6-18/h2-16H,17H2,1H3,(H,26,27). The maximum absolute atomic E-state index is 12.4. The van der Waals surface area contributed by atoms with E-state index in [4.69, 9.17) is 13.9 Å². The molecule has 3 aromatic carbocycles. The van der Waals surface area contributed by atoms with Gasteiger partial charge in [0, 0.05) is 5.69 Å². The summed E-state index contributed by atoms with van der Waals surface area (Å²) >= 11 is 0. The molecular weight excluding hydrogens is 378 g/mol. The maximum Gasteiger partial charge on any atom is 0.291 e. The van der Waals surface area contributed by atoms with Gasteiger partial charge >= 0.3 is 0 Å². The van der Waals surface area contributed by atoms with E-state index in [9.17, 15) is 4.79 Å². The van der Waals surface area contributed by atoms with Crippen molar-refractivity contribution in [1.29, 1.82) is 0 Å². The molecule has 0 radical (unpaired) electrons. The van der Waals surface area contributed by atoms with Crippen LogP contribution < -0.4 is 14.8 Å². The Morgan fingerprint density at radius 1 is 0.800 bits per heavy atom. The lowest BCUT2D eigenvalue weighted by Gasteiger charge is -2.06. The summed E-state index contributed by atoms with van der Waals surface area (Å²) in [5, 5.41) is 2.79. The lowest BCUT2D eigenvalue weighted by molar-refractivity contribution is 0.0992. The molecule has 0 saturated heterocycles. The number of amides is 1. The van der Waals surface area contributed by atoms with E-state index in [1.807, 2.05) is 42.5 Å². The fourth-order valence-electron chi connectivity index (χ4n) is 2.97. The van der Waals surface area contributed by atoms with Crippen LogP contribution in [0.15, 0.2) is 95.4 Å². The minimum Gasteiger partial charge on any atom is -0.497 e. The summed E-state index contributed by atoms with van der Waals surface area (Å²) in [5.41, 5.74) is 2.94. The van der Waals surface area contributed by atoms with Crippen molar-refractivity contribution in [3.63, 3.8) is 0 Å². The van der Waals surface area contributed by atoms with Crippen molar-refractivity contribution in [3.8, 4) is 22.6 Å². The Labute approximate surface area is 174 Å². The first kappa shape index (κ1) is 19.3. The number of hydrogen-bond acceptors (Lipinski definition) is 4. The highest BCUT2D eigenvalue weighted by molar-refractivity contribution is 6.02. The van der Waals surface area contributed by atoms with Crippen molar-refractivity contribution in [2.75, 3.05) is 12.4 Å². The number of hydrogen-bond donors (Lipinski definition) is 1. The third kappa shape index (κ3) is 4.70. The molecule has 1 aromatic heterocycles. The van der Waals surface area contributed by atoms with Crippen LogP contribution in [0.1, 0.15) is 16.3 Å². The molecule has 0 atom stereocenters. The number of furan rings is 1. The van der Waals surface area contributed by atoms with E-state index in [1.165, 1.54) is 0 Å². The Kier molecular flexibility index (Phi) is 5.80. The predicted octanol–water partition coefficient (Wildman–Crippen LogP) is 5.79. The molecule has 0 spiro atoms. The monoisotopic (exact) mass is 399 g/mol. The van der Waals surface area contributed by atoms with Crippen molar-refractivity contribution >= 4 is 11.6 Å². The number of benzene rings is 3. The molecule has 0 fully saturated rings. The molecule has 1 amide bonds. The quantitative estimate of drug-likeness (QED) is 0.427. The molecule has 0 aliphatic heterocycles. The van der Waals surface area contributed by atoms with Crippen LogP contribution in [0.2, 0.25) is 0 Å². The van der Waals surface area contributed by atoms with Crippen LogP contribution in [0.25, 0.3) is 11.1 Å². The molecule has 30 heavy (non-hydrogen) atoms. The normalized spacial score (nSPS) is 10.4. The number of carbonyl (C=O) groups excluding carboxylic acids is 1. The van der Waals surface area contributed by atoms with Crippen molar-refractivity contribution in [3.05, 3.63) is 103 Å². The van der Waals surface area contributed by atoms with Crippen LogP contribution >= 0.6 is 0 Å². The first-order valence-corrected chi connectivity index (χ1v) is 9.54. The molecule has 0 bridgehead atoms. The Bertz CT molecular complexity index is 1100. The number of methoxy groups -OCH3 is 1. The first-order valence-electron chi connectivity index (χ1n) is 9.54. The van der Waals surface area contributed by atoms with Gasteiger partial charge in [-0.25, -0.2) is 0 Å². The maximum atomic E-state index is 12.4. The Hall–Kier alpha value is -3.99. The molecule has 4 aromatic rings. The van der Waals surface area contributed by atoms with Gasteiger partial charge in [0.05, 0.1) is 7.11 Å². The number of carbonyl (C=O) groups is 1. The second-order valence-corrected chi connectivity index (χ2v) is 6.63. The van der Waals surface area contributed by atoms with Gasteiger partial charge < -0.3 is 19.2 Å². The highest BCUT2D eigenvalue weighted by atomic mass is 16.5. The second kappa shape index (κ2) is 9.01. The van der Waals surface area contributed by atoms with E-state index in [2.05, 4.69) is 17.4 Å². The Balaban J connectivity index is 1.33. The van der Waals surface area contributed by atoms with Crippen LogP contribution in [0, 0.1) is 0 Å². The zero-order valence-corrected chi connectivity index (χ0v) is 16.5. The molecule has 5 nitrogen and oxygen atoms in total. The van der Waals surface area contributed by atoms with Gasteiger partial charge in [-0.3, -0.25) is 4.79 Å². The predicted molar refractivity (Wildman–Crippen MR) is 116 cm³/mol. The third-order valence-electron chi connectivity index (χ3n) is 4.58. The summed E-state index contributed by atoms with van der Waals surface area (Å²) in [6.07, 6.45) is 0. The van der Waals surface area contributed by atoms with Crippen LogP contribution in [0.3, 0.4) is 0 Å². The van der Waals surface area contributed by atoms with Crippen LogP contribution in [-0.2, 0) is 6.61 Å². The van der Waals surface area contributed by atoms with Gasteiger partial charge in [-0.2, -0.15) is 0 Å². The van der Waals surface area contributed by atoms with Gasteiger partial charge in [0.2, 0.25) is 0 Å². The van der Waals surface area contributed by atoms with E-state index in [1.54, 1.807) is 43.5 Å². The van der Waals surface area contributed by atoms with Gasteiger partial charge in [-0.05, 0) is 59.7 Å². The van der Waals surface area contributed by atoms with Crippen LogP contribution in [0.4, 0.5) is 5.69 Å². The number of ether oxygens (including phenoxy) is 2. The Morgan fingerprint density at radius 2 is 1.47 bits per heavy atom. The second-order valence-electron chi connectivity index (χ2n) is 6.63. The molecule has 0 unspecified atom stereocenters. The van der Waals surface area contributed by atoms with Crippen molar-refractivity contribution in [1.82, 2.24) is 0 Å². The lowest BCUT2D eigenvalue weighted by Crippen LogP contribution is -2.10. The van der Waals surface area contributed by atoms with E-state index < -0.39 is 0 Å². The number of anilines is 1. The highest BCUT2D eigenvalue weighted by Gasteiger charge is 2.12. The molecule has 150 valence electrons. The lowest BCUT2D eigenvalue weighted by atomic mass is 10.1. The van der Waals surface area contributed by atoms with Gasteiger partial charge in [-0.1, -0.05) is 42.5 Å². The van der Waals surface area contributed by atoms with Gasteiger partial charge in [0.25, 0.3) is 5.91 Å². The van der Waals surface area contributed by atoms with E-state index >= 15 is 0 Å². The van der Waals surface area contributed by atoms with E-state index in [-0.39, 0.29) is 18.3 Å². The average molecular weight is 399 g/mol. The summed E-state index contributed by atoms with van der Waals surface area (Å²) in [6.45, 7) is 0.237. The minimum absolute atomic E-state index is 0.226. The molecule has 1 heterocycles. The first-order chi connectivity index (χ1) is 14.7. The summed E-state index contributed by atoms with van der Waals surface area (Å²) in [6, 6.07) is 28.5. The van der Waals surface area contributed by atoms with Crippen LogP contribution in [-0.4, -0.2) is 13.0 Å². The van der Waals surface area contributed by atoms with Crippen molar-refractivity contribution in [2.45, 2.75) is 6.61 Å². The van der Waals surface area contributed by atoms with Gasteiger partial charge in [0.15, 0.2) is 5.76 Å². The van der Waals surface area contributed by atoms with E-state index in [0.717, 1.165) is 22.6 Å². The largest absolute Gasteiger partial charge is 0.497 e. The fourth-order valence-corrected chi connectivity index (χ4v) is 2.97. The summed E-state index contributed by atoms with van der Waals surface area (Å²) < 4.78 is 16.5. The zero-order valence-electron chi connectivity index (χ0n) is 16.5. The van der Waals surface area contributed by atoms with Gasteiger partial charge in [0.1, 0.15) is 23.9 Å². The van der Waals surface area contributed by atoms with Crippen LogP contribution in [0.5, 0.6) is 11.5 Å². The highest BCUT2D eigenvalue weighted by Crippen LogP contribution is 2.23. The summed E-state index contributed by atoms with van der Waals surface area (Å²) in [5.74, 6) is 1.93. The molecule has 4 rings (SSSR count). The summed E-state index contributed by atoms with van der Waals surface area (Å²) in [7, 11) is 1.59. The van der Waals surface area contributed by atoms with Crippen molar-refractivity contribution < 1.29 is 18.7 Å². The minimum atomic E-state index is -0.321. The topological polar surface area (TPSA) is 60.7 Å². The SMILES string of the molecule is COc1ccc(NC(=O)c2ccc(COc3ccc(-c4ccccc4)cc3)o2)cc1. The summed E-state index contributed by atoms with van der Waals surface area (Å²) in [4.78, 5) is 12.4. The molecule has 0 aliphatic rings. The third-order valence-corrected chi connectivity index (χ3v) is 4.58. The molecular formula is C25H21NO4. The van der Waals surface area contributed by atoms with E-state index in [0.29, 0.717) is 11.4 Å². The molecule has 0 aliphatic carbocycles. The zero-order chi connectivity index (χ0) is 20.8. The number of rotatable bonds is 7. The smallest absolute Gasteiger partial charge is 0.291 e. The van der Waals surface area contributed by atoms with Crippen molar-refractivity contribution in [2.24, 2.45) is 0 Å². The molecule has 0 saturated carbocycles. The molecule has 5 heteroatoms. The van der Waals surface area contributed by atoms with Gasteiger partial charge in [-0.15, -0.1) is 0 Å². The fraction of sp³-hybridized carbons (Fsp3) is 0.0800. The average Bonchev–Trinajstić information content (AvgIpc) is 3.28.